The maximum Gasteiger partial charge on any atom is 0.357 e. The molecule has 0 N–H and O–H groups in total. The van der Waals surface area contributed by atoms with E-state index in [9.17, 15) is 4.79 Å². The van der Waals surface area contributed by atoms with Crippen LogP contribution in [0.5, 0.6) is 0 Å². The minimum Gasteiger partial charge on any atom is -0.461 e. The molecule has 0 radical (unpaired) electrons. The largest absolute Gasteiger partial charge is 0.461 e. The van der Waals surface area contributed by atoms with Crippen LogP contribution in [0.4, 0.5) is 0 Å². The number of nitrogens with zero attached hydrogens (tertiary/aromatic N) is 2. The van der Waals surface area contributed by atoms with Crippen LogP contribution < -0.4 is 0 Å². The van der Waals surface area contributed by atoms with Gasteiger partial charge >= 0.3 is 5.97 Å². The molecule has 0 amide bonds. The first-order valence-electron chi connectivity index (χ1n) is 5.66. The Morgan fingerprint density at radius 3 is 2.88 bits per heavy atom. The van der Waals surface area contributed by atoms with Crippen molar-refractivity contribution in [1.82, 2.24) is 9.97 Å². The van der Waals surface area contributed by atoms with Gasteiger partial charge in [-0.2, -0.15) is 0 Å². The Kier molecular flexibility index (Phi) is 2.90. The first-order valence-corrected chi connectivity index (χ1v) is 5.66. The second-order valence-electron chi connectivity index (χ2n) is 4.40. The standard InChI is InChI=1S/C12H16N2O2/c1-3-16-10(15)9-5-8-13-11(14-9)12(2)6-4-7-12/h5,8H,3-4,6-7H2,1-2H3. The van der Waals surface area contributed by atoms with Crippen molar-refractivity contribution in [2.45, 2.75) is 38.5 Å². The van der Waals surface area contributed by atoms with E-state index in [2.05, 4.69) is 16.9 Å². The molecule has 1 aliphatic carbocycles. The molecule has 4 nitrogen and oxygen atoms in total. The monoisotopic (exact) mass is 220 g/mol. The van der Waals surface area contributed by atoms with Gasteiger partial charge in [-0.05, 0) is 25.8 Å². The van der Waals surface area contributed by atoms with E-state index in [0.717, 1.165) is 18.7 Å². The molecule has 86 valence electrons. The summed E-state index contributed by atoms with van der Waals surface area (Å²) in [4.78, 5) is 20.1. The number of rotatable bonds is 3. The quantitative estimate of drug-likeness (QED) is 0.732. The van der Waals surface area contributed by atoms with Gasteiger partial charge in [-0.1, -0.05) is 13.3 Å². The Labute approximate surface area is 95.1 Å². The molecule has 1 saturated carbocycles. The molecular weight excluding hydrogens is 204 g/mol. The minimum atomic E-state index is -0.367. The SMILES string of the molecule is CCOC(=O)c1ccnc(C2(C)CCC2)n1. The van der Waals surface area contributed by atoms with Crippen LogP contribution in [-0.4, -0.2) is 22.5 Å². The van der Waals surface area contributed by atoms with E-state index in [1.54, 1.807) is 19.2 Å². The second-order valence-corrected chi connectivity index (χ2v) is 4.40. The molecular formula is C12H16N2O2. The van der Waals surface area contributed by atoms with Gasteiger partial charge in [-0.3, -0.25) is 0 Å². The average molecular weight is 220 g/mol. The van der Waals surface area contributed by atoms with E-state index >= 15 is 0 Å². The zero-order chi connectivity index (χ0) is 11.6. The molecule has 2 rings (SSSR count). The molecule has 16 heavy (non-hydrogen) atoms. The lowest BCUT2D eigenvalue weighted by Gasteiger charge is -2.36. The van der Waals surface area contributed by atoms with Gasteiger partial charge in [-0.25, -0.2) is 14.8 Å². The third-order valence-electron chi connectivity index (χ3n) is 3.14. The fraction of sp³-hybridized carbons (Fsp3) is 0.583. The van der Waals surface area contributed by atoms with Crippen molar-refractivity contribution in [1.29, 1.82) is 0 Å². The van der Waals surface area contributed by atoms with Gasteiger partial charge in [0, 0.05) is 11.6 Å². The predicted octanol–water partition coefficient (Wildman–Crippen LogP) is 2.09. The summed E-state index contributed by atoms with van der Waals surface area (Å²) in [5, 5.41) is 0. The second kappa shape index (κ2) is 4.20. The molecule has 0 aliphatic heterocycles. The van der Waals surface area contributed by atoms with Crippen LogP contribution in [-0.2, 0) is 10.2 Å². The Balaban J connectivity index is 2.22. The van der Waals surface area contributed by atoms with Crippen molar-refractivity contribution in [3.05, 3.63) is 23.8 Å². The summed E-state index contributed by atoms with van der Waals surface area (Å²) in [5.41, 5.74) is 0.419. The highest BCUT2D eigenvalue weighted by Gasteiger charge is 2.36. The molecule has 0 saturated heterocycles. The van der Waals surface area contributed by atoms with Gasteiger partial charge in [-0.15, -0.1) is 0 Å². The van der Waals surface area contributed by atoms with E-state index in [1.807, 2.05) is 0 Å². The Hall–Kier alpha value is -1.45. The summed E-state index contributed by atoms with van der Waals surface area (Å²) in [5.74, 6) is 0.401. The summed E-state index contributed by atoms with van der Waals surface area (Å²) >= 11 is 0. The van der Waals surface area contributed by atoms with E-state index in [1.165, 1.54) is 6.42 Å². The van der Waals surface area contributed by atoms with Crippen molar-refractivity contribution in [2.24, 2.45) is 0 Å². The molecule has 1 aromatic heterocycles. The highest BCUT2D eigenvalue weighted by molar-refractivity contribution is 5.87. The van der Waals surface area contributed by atoms with Crippen LogP contribution in [0.3, 0.4) is 0 Å². The molecule has 1 heterocycles. The molecule has 0 spiro atoms. The third kappa shape index (κ3) is 1.92. The Morgan fingerprint density at radius 2 is 2.31 bits per heavy atom. The van der Waals surface area contributed by atoms with Crippen LogP contribution in [0, 0.1) is 0 Å². The number of ether oxygens (including phenoxy) is 1. The fourth-order valence-electron chi connectivity index (χ4n) is 1.90. The summed E-state index contributed by atoms with van der Waals surface area (Å²) in [6.07, 6.45) is 5.04. The van der Waals surface area contributed by atoms with Crippen molar-refractivity contribution in [3.8, 4) is 0 Å². The van der Waals surface area contributed by atoms with Gasteiger partial charge in [0.2, 0.25) is 0 Å². The molecule has 0 atom stereocenters. The normalized spacial score (nSPS) is 17.6. The lowest BCUT2D eigenvalue weighted by Crippen LogP contribution is -2.33. The van der Waals surface area contributed by atoms with Gasteiger partial charge in [0.05, 0.1) is 6.61 Å². The topological polar surface area (TPSA) is 52.1 Å². The summed E-state index contributed by atoms with van der Waals surface area (Å²) in [6.45, 7) is 4.30. The third-order valence-corrected chi connectivity index (χ3v) is 3.14. The first-order chi connectivity index (χ1) is 7.65. The van der Waals surface area contributed by atoms with Gasteiger partial charge in [0.15, 0.2) is 5.69 Å². The van der Waals surface area contributed by atoms with Crippen LogP contribution in [0.25, 0.3) is 0 Å². The lowest BCUT2D eigenvalue weighted by molar-refractivity contribution is 0.0518. The predicted molar refractivity (Wildman–Crippen MR) is 59.2 cm³/mol. The van der Waals surface area contributed by atoms with Crippen LogP contribution in [0.15, 0.2) is 12.3 Å². The first kappa shape index (κ1) is 11.0. The summed E-state index contributed by atoms with van der Waals surface area (Å²) in [6, 6.07) is 1.60. The van der Waals surface area contributed by atoms with Crippen molar-refractivity contribution in [2.75, 3.05) is 6.61 Å². The Morgan fingerprint density at radius 1 is 1.56 bits per heavy atom. The fourth-order valence-corrected chi connectivity index (χ4v) is 1.90. The zero-order valence-electron chi connectivity index (χ0n) is 9.69. The maximum absolute atomic E-state index is 11.5. The van der Waals surface area contributed by atoms with Crippen molar-refractivity contribution < 1.29 is 9.53 Å². The van der Waals surface area contributed by atoms with E-state index < -0.39 is 0 Å². The molecule has 4 heteroatoms. The number of esters is 1. The number of carbonyl (C=O) groups is 1. The highest BCUT2D eigenvalue weighted by atomic mass is 16.5. The highest BCUT2D eigenvalue weighted by Crippen LogP contribution is 2.41. The van der Waals surface area contributed by atoms with Crippen molar-refractivity contribution in [3.63, 3.8) is 0 Å². The maximum atomic E-state index is 11.5. The lowest BCUT2D eigenvalue weighted by atomic mass is 9.70. The average Bonchev–Trinajstić information content (AvgIpc) is 2.26. The number of hydrogen-bond donors (Lipinski definition) is 0. The minimum absolute atomic E-state index is 0.0580. The van der Waals surface area contributed by atoms with Gasteiger partial charge in [0.1, 0.15) is 5.82 Å². The molecule has 1 fully saturated rings. The zero-order valence-corrected chi connectivity index (χ0v) is 9.69. The van der Waals surface area contributed by atoms with E-state index in [-0.39, 0.29) is 11.4 Å². The number of hydrogen-bond acceptors (Lipinski definition) is 4. The molecule has 1 aromatic rings. The van der Waals surface area contributed by atoms with Gasteiger partial charge < -0.3 is 4.74 Å². The van der Waals surface area contributed by atoms with E-state index in [0.29, 0.717) is 12.3 Å². The molecule has 0 aromatic carbocycles. The van der Waals surface area contributed by atoms with Crippen LogP contribution >= 0.6 is 0 Å². The Bertz CT molecular complexity index is 400. The molecule has 1 aliphatic rings. The van der Waals surface area contributed by atoms with Crippen LogP contribution in [0.1, 0.15) is 49.4 Å². The number of aromatic nitrogens is 2. The summed E-state index contributed by atoms with van der Waals surface area (Å²) < 4.78 is 4.92. The smallest absolute Gasteiger partial charge is 0.357 e. The molecule has 0 bridgehead atoms. The van der Waals surface area contributed by atoms with Crippen molar-refractivity contribution >= 4 is 5.97 Å². The molecule has 0 unspecified atom stereocenters. The van der Waals surface area contributed by atoms with Gasteiger partial charge in [0.25, 0.3) is 0 Å². The summed E-state index contributed by atoms with van der Waals surface area (Å²) in [7, 11) is 0. The van der Waals surface area contributed by atoms with E-state index in [4.69, 9.17) is 4.74 Å². The van der Waals surface area contributed by atoms with Crippen LogP contribution in [0.2, 0.25) is 0 Å². The number of carbonyl (C=O) groups excluding carboxylic acids is 1.